The first-order valence-electron chi connectivity index (χ1n) is 7.02. The van der Waals surface area contributed by atoms with Gasteiger partial charge in [-0.2, -0.15) is 0 Å². The van der Waals surface area contributed by atoms with Gasteiger partial charge in [-0.05, 0) is 48.3 Å². The third kappa shape index (κ3) is 7.09. The molecule has 0 aliphatic carbocycles. The minimum atomic E-state index is -0.777. The first-order valence-corrected chi connectivity index (χ1v) is 7.90. The van der Waals surface area contributed by atoms with Crippen LogP contribution in [0.1, 0.15) is 43.6 Å². The van der Waals surface area contributed by atoms with E-state index in [0.717, 1.165) is 11.3 Å². The molecular weight excluding hydrogens is 286 g/mol. The second kappa shape index (κ2) is 7.98. The molecule has 4 nitrogen and oxygen atoms in total. The highest BCUT2D eigenvalue weighted by Gasteiger charge is 2.18. The van der Waals surface area contributed by atoms with E-state index in [1.54, 1.807) is 17.4 Å². The molecule has 21 heavy (non-hydrogen) atoms. The van der Waals surface area contributed by atoms with Crippen molar-refractivity contribution in [2.24, 2.45) is 5.41 Å². The number of amides is 1. The van der Waals surface area contributed by atoms with Crippen LogP contribution in [0.4, 0.5) is 0 Å². The normalized spacial score (nSPS) is 11.8. The lowest BCUT2D eigenvalue weighted by Crippen LogP contribution is -2.27. The Morgan fingerprint density at radius 2 is 2.10 bits per heavy atom. The minimum Gasteiger partial charge on any atom is -0.481 e. The van der Waals surface area contributed by atoms with E-state index in [0.29, 0.717) is 13.0 Å². The van der Waals surface area contributed by atoms with Crippen molar-refractivity contribution >= 4 is 29.3 Å². The topological polar surface area (TPSA) is 66.4 Å². The molecule has 0 aliphatic heterocycles. The van der Waals surface area contributed by atoms with Gasteiger partial charge in [-0.25, -0.2) is 0 Å². The number of aryl methyl sites for hydroxylation is 1. The van der Waals surface area contributed by atoms with Gasteiger partial charge >= 0.3 is 5.97 Å². The number of carboxylic acids is 1. The summed E-state index contributed by atoms with van der Waals surface area (Å²) in [6.45, 7) is 6.61. The number of carbonyl (C=O) groups is 2. The molecule has 5 heteroatoms. The number of hydrogen-bond acceptors (Lipinski definition) is 3. The van der Waals surface area contributed by atoms with Gasteiger partial charge in [-0.3, -0.25) is 9.59 Å². The van der Waals surface area contributed by atoms with Crippen molar-refractivity contribution in [1.29, 1.82) is 0 Å². The Labute approximate surface area is 129 Å². The van der Waals surface area contributed by atoms with E-state index in [1.165, 1.54) is 5.56 Å². The van der Waals surface area contributed by atoms with Crippen LogP contribution in [-0.2, 0) is 9.59 Å². The van der Waals surface area contributed by atoms with Crippen LogP contribution in [0.15, 0.2) is 17.5 Å². The zero-order valence-electron chi connectivity index (χ0n) is 12.8. The van der Waals surface area contributed by atoms with Gasteiger partial charge in [0, 0.05) is 23.9 Å². The number of carbonyl (C=O) groups excluding carboxylic acids is 1. The minimum absolute atomic E-state index is 0.0836. The zero-order valence-corrected chi connectivity index (χ0v) is 13.6. The maximum Gasteiger partial charge on any atom is 0.303 e. The van der Waals surface area contributed by atoms with Crippen molar-refractivity contribution < 1.29 is 14.7 Å². The molecule has 1 aromatic heterocycles. The predicted molar refractivity (Wildman–Crippen MR) is 86.4 cm³/mol. The monoisotopic (exact) mass is 309 g/mol. The van der Waals surface area contributed by atoms with Gasteiger partial charge in [0.25, 0.3) is 0 Å². The number of hydrogen-bond donors (Lipinski definition) is 2. The lowest BCUT2D eigenvalue weighted by atomic mass is 9.84. The highest BCUT2D eigenvalue weighted by atomic mass is 32.1. The number of rotatable bonds is 8. The van der Waals surface area contributed by atoms with Gasteiger partial charge in [0.05, 0.1) is 0 Å². The Balaban J connectivity index is 2.31. The standard InChI is InChI=1S/C16H23NO3S/c1-12-7-11-21-13(12)4-5-14(18)17-10-9-16(2,3)8-6-15(19)20/h4-5,7,11H,6,8-10H2,1-3H3,(H,17,18)(H,19,20). The summed E-state index contributed by atoms with van der Waals surface area (Å²) in [6.07, 6.45) is 4.91. The molecule has 1 amide bonds. The summed E-state index contributed by atoms with van der Waals surface area (Å²) in [5, 5.41) is 13.5. The van der Waals surface area contributed by atoms with Crippen molar-refractivity contribution in [2.45, 2.75) is 40.0 Å². The van der Waals surface area contributed by atoms with Gasteiger partial charge in [-0.1, -0.05) is 13.8 Å². The van der Waals surface area contributed by atoms with E-state index in [2.05, 4.69) is 5.32 Å². The molecular formula is C16H23NO3S. The van der Waals surface area contributed by atoms with E-state index in [4.69, 9.17) is 5.11 Å². The smallest absolute Gasteiger partial charge is 0.303 e. The van der Waals surface area contributed by atoms with Crippen LogP contribution in [0.2, 0.25) is 0 Å². The predicted octanol–water partition coefficient (Wildman–Crippen LogP) is 3.47. The van der Waals surface area contributed by atoms with Crippen LogP contribution in [0.3, 0.4) is 0 Å². The summed E-state index contributed by atoms with van der Waals surface area (Å²) in [5.74, 6) is -0.891. The molecule has 0 spiro atoms. The highest BCUT2D eigenvalue weighted by molar-refractivity contribution is 7.11. The van der Waals surface area contributed by atoms with Gasteiger partial charge in [0.2, 0.25) is 5.91 Å². The van der Waals surface area contributed by atoms with Crippen molar-refractivity contribution in [3.05, 3.63) is 28.0 Å². The molecule has 0 aromatic carbocycles. The van der Waals surface area contributed by atoms with E-state index in [-0.39, 0.29) is 17.7 Å². The summed E-state index contributed by atoms with van der Waals surface area (Å²) in [4.78, 5) is 23.4. The van der Waals surface area contributed by atoms with Crippen LogP contribution in [0.5, 0.6) is 0 Å². The number of thiophene rings is 1. The van der Waals surface area contributed by atoms with Crippen molar-refractivity contribution in [3.8, 4) is 0 Å². The fourth-order valence-corrected chi connectivity index (χ4v) is 2.68. The van der Waals surface area contributed by atoms with E-state index >= 15 is 0 Å². The third-order valence-electron chi connectivity index (χ3n) is 3.40. The SMILES string of the molecule is Cc1ccsc1C=CC(=O)NCCC(C)(C)CCC(=O)O. The fraction of sp³-hybridized carbons (Fsp3) is 0.500. The lowest BCUT2D eigenvalue weighted by Gasteiger charge is -2.23. The lowest BCUT2D eigenvalue weighted by molar-refractivity contribution is -0.137. The molecule has 0 radical (unpaired) electrons. The average Bonchev–Trinajstić information content (AvgIpc) is 2.79. The van der Waals surface area contributed by atoms with Crippen molar-refractivity contribution in [2.75, 3.05) is 6.54 Å². The van der Waals surface area contributed by atoms with Gasteiger partial charge in [-0.15, -0.1) is 11.3 Å². The molecule has 1 heterocycles. The van der Waals surface area contributed by atoms with Crippen LogP contribution < -0.4 is 5.32 Å². The molecule has 2 N–H and O–H groups in total. The molecule has 0 saturated carbocycles. The molecule has 0 unspecified atom stereocenters. The third-order valence-corrected chi connectivity index (χ3v) is 4.39. The molecule has 1 aromatic rings. The molecule has 1 rings (SSSR count). The molecule has 0 saturated heterocycles. The van der Waals surface area contributed by atoms with E-state index in [9.17, 15) is 9.59 Å². The number of carboxylic acid groups (broad SMARTS) is 1. The van der Waals surface area contributed by atoms with Crippen LogP contribution >= 0.6 is 11.3 Å². The molecule has 0 fully saturated rings. The largest absolute Gasteiger partial charge is 0.481 e. The summed E-state index contributed by atoms with van der Waals surface area (Å²) in [7, 11) is 0. The summed E-state index contributed by atoms with van der Waals surface area (Å²) < 4.78 is 0. The Morgan fingerprint density at radius 1 is 1.38 bits per heavy atom. The first kappa shape index (κ1) is 17.4. The highest BCUT2D eigenvalue weighted by Crippen LogP contribution is 2.26. The maximum absolute atomic E-state index is 11.7. The summed E-state index contributed by atoms with van der Waals surface area (Å²) >= 11 is 1.61. The zero-order chi connectivity index (χ0) is 15.9. The molecule has 0 aliphatic rings. The van der Waals surface area contributed by atoms with E-state index < -0.39 is 5.97 Å². The Bertz CT molecular complexity index is 517. The summed E-state index contributed by atoms with van der Waals surface area (Å²) in [6, 6.07) is 2.02. The molecule has 0 atom stereocenters. The molecule has 0 bridgehead atoms. The van der Waals surface area contributed by atoms with Gasteiger partial charge in [0.15, 0.2) is 0 Å². The van der Waals surface area contributed by atoms with E-state index in [1.807, 2.05) is 38.3 Å². The second-order valence-corrected chi connectivity index (χ2v) is 6.85. The second-order valence-electron chi connectivity index (χ2n) is 5.90. The Hall–Kier alpha value is -1.62. The quantitative estimate of drug-likeness (QED) is 0.723. The van der Waals surface area contributed by atoms with Crippen molar-refractivity contribution in [1.82, 2.24) is 5.32 Å². The first-order chi connectivity index (χ1) is 9.80. The maximum atomic E-state index is 11.7. The number of nitrogens with one attached hydrogen (secondary N) is 1. The Morgan fingerprint density at radius 3 is 2.67 bits per heavy atom. The summed E-state index contributed by atoms with van der Waals surface area (Å²) in [5.41, 5.74) is 1.08. The van der Waals surface area contributed by atoms with Crippen LogP contribution in [0, 0.1) is 12.3 Å². The van der Waals surface area contributed by atoms with Crippen LogP contribution in [0.25, 0.3) is 6.08 Å². The number of aliphatic carboxylic acids is 1. The fourth-order valence-electron chi connectivity index (χ4n) is 1.86. The van der Waals surface area contributed by atoms with Gasteiger partial charge in [0.1, 0.15) is 0 Å². The van der Waals surface area contributed by atoms with Crippen molar-refractivity contribution in [3.63, 3.8) is 0 Å². The molecule has 116 valence electrons. The van der Waals surface area contributed by atoms with Crippen LogP contribution in [-0.4, -0.2) is 23.5 Å². The Kier molecular flexibility index (Phi) is 6.62. The average molecular weight is 309 g/mol. The van der Waals surface area contributed by atoms with Gasteiger partial charge < -0.3 is 10.4 Å².